The van der Waals surface area contributed by atoms with E-state index in [0.29, 0.717) is 19.3 Å². The summed E-state index contributed by atoms with van der Waals surface area (Å²) in [5.41, 5.74) is 0. The van der Waals surface area contributed by atoms with Crippen LogP contribution in [-0.2, 0) is 28.6 Å². The lowest BCUT2D eigenvalue weighted by Gasteiger charge is -2.18. The van der Waals surface area contributed by atoms with Gasteiger partial charge in [0, 0.05) is 19.3 Å². The number of carbonyl (C=O) groups is 3. The van der Waals surface area contributed by atoms with Crippen LogP contribution < -0.4 is 0 Å². The van der Waals surface area contributed by atoms with Gasteiger partial charge in [-0.2, -0.15) is 0 Å². The van der Waals surface area contributed by atoms with Gasteiger partial charge in [-0.1, -0.05) is 229 Å². The van der Waals surface area contributed by atoms with Gasteiger partial charge in [-0.15, -0.1) is 0 Å². The van der Waals surface area contributed by atoms with E-state index in [1.165, 1.54) is 148 Å². The summed E-state index contributed by atoms with van der Waals surface area (Å²) in [6.45, 7) is 6.58. The number of unbranched alkanes of at least 4 members (excludes halogenated alkanes) is 29. The summed E-state index contributed by atoms with van der Waals surface area (Å²) in [4.78, 5) is 38.1. The van der Waals surface area contributed by atoms with Crippen molar-refractivity contribution in [3.8, 4) is 0 Å². The Morgan fingerprint density at radius 3 is 0.892 bits per heavy atom. The number of carbonyl (C=O) groups excluding carboxylic acids is 3. The highest BCUT2D eigenvalue weighted by Crippen LogP contribution is 2.15. The highest BCUT2D eigenvalue weighted by atomic mass is 16.6. The molecule has 0 rings (SSSR count). The Labute approximate surface area is 402 Å². The molecule has 0 aromatic carbocycles. The minimum Gasteiger partial charge on any atom is -0.462 e. The maximum Gasteiger partial charge on any atom is 0.306 e. The molecule has 0 amide bonds. The van der Waals surface area contributed by atoms with Crippen LogP contribution in [0.1, 0.15) is 278 Å². The third-order valence-electron chi connectivity index (χ3n) is 12.0. The Morgan fingerprint density at radius 1 is 0.308 bits per heavy atom. The largest absolute Gasteiger partial charge is 0.462 e. The molecule has 0 bridgehead atoms. The Balaban J connectivity index is 4.37. The summed E-state index contributed by atoms with van der Waals surface area (Å²) in [6.07, 6.45) is 66.3. The fourth-order valence-corrected chi connectivity index (χ4v) is 7.77. The molecule has 1 unspecified atom stereocenters. The van der Waals surface area contributed by atoms with Crippen molar-refractivity contribution in [2.75, 3.05) is 13.2 Å². The van der Waals surface area contributed by atoms with E-state index in [1.807, 2.05) is 0 Å². The molecule has 0 aromatic heterocycles. The number of hydrogen-bond donors (Lipinski definition) is 0. The number of esters is 3. The SMILES string of the molecule is CCCCC/C=C\C/C=C\C/C=C\CCCCCCCCC(=O)OCC(COC(=O)CCCCCCCCCCCCC)OC(=O)CCCCCCCCC/C=C\C/C=C\CCCCC. The average Bonchev–Trinajstić information content (AvgIpc) is 3.30. The van der Waals surface area contributed by atoms with Crippen LogP contribution in [-0.4, -0.2) is 37.2 Å². The molecule has 6 nitrogen and oxygen atoms in total. The van der Waals surface area contributed by atoms with Gasteiger partial charge in [0.25, 0.3) is 0 Å². The van der Waals surface area contributed by atoms with E-state index in [0.717, 1.165) is 89.9 Å². The van der Waals surface area contributed by atoms with Crippen LogP contribution in [0, 0.1) is 0 Å². The predicted molar refractivity (Wildman–Crippen MR) is 279 cm³/mol. The van der Waals surface area contributed by atoms with Crippen molar-refractivity contribution >= 4 is 17.9 Å². The van der Waals surface area contributed by atoms with Gasteiger partial charge in [0.15, 0.2) is 6.10 Å². The summed E-state index contributed by atoms with van der Waals surface area (Å²) in [5, 5.41) is 0. The predicted octanol–water partition coefficient (Wildman–Crippen LogP) is 18.4. The monoisotopic (exact) mass is 909 g/mol. The quantitative estimate of drug-likeness (QED) is 0.0262. The van der Waals surface area contributed by atoms with E-state index in [9.17, 15) is 14.4 Å². The van der Waals surface area contributed by atoms with E-state index < -0.39 is 6.10 Å². The zero-order chi connectivity index (χ0) is 47.2. The first-order valence-electron chi connectivity index (χ1n) is 27.8. The molecule has 1 atom stereocenters. The van der Waals surface area contributed by atoms with Gasteiger partial charge in [-0.3, -0.25) is 14.4 Å². The summed E-state index contributed by atoms with van der Waals surface area (Å²) >= 11 is 0. The molecule has 65 heavy (non-hydrogen) atoms. The Bertz CT molecular complexity index is 1180. The van der Waals surface area contributed by atoms with Gasteiger partial charge in [0.1, 0.15) is 13.2 Å². The summed E-state index contributed by atoms with van der Waals surface area (Å²) in [5.74, 6) is -0.893. The lowest BCUT2D eigenvalue weighted by Crippen LogP contribution is -2.30. The normalized spacial score (nSPS) is 12.5. The Hall–Kier alpha value is -2.89. The minimum absolute atomic E-state index is 0.0798. The van der Waals surface area contributed by atoms with E-state index in [4.69, 9.17) is 14.2 Å². The molecule has 0 saturated carbocycles. The average molecular weight is 909 g/mol. The van der Waals surface area contributed by atoms with Crippen LogP contribution in [0.3, 0.4) is 0 Å². The van der Waals surface area contributed by atoms with Gasteiger partial charge < -0.3 is 14.2 Å². The summed E-state index contributed by atoms with van der Waals surface area (Å²) in [7, 11) is 0. The lowest BCUT2D eigenvalue weighted by molar-refractivity contribution is -0.167. The smallest absolute Gasteiger partial charge is 0.306 e. The van der Waals surface area contributed by atoms with Crippen molar-refractivity contribution in [1.29, 1.82) is 0 Å². The van der Waals surface area contributed by atoms with E-state index in [-0.39, 0.29) is 31.1 Å². The molecular formula is C59H104O6. The maximum atomic E-state index is 12.8. The first-order valence-corrected chi connectivity index (χ1v) is 27.8. The molecule has 0 N–H and O–H groups in total. The van der Waals surface area contributed by atoms with Crippen molar-refractivity contribution in [3.05, 3.63) is 60.8 Å². The number of rotatable bonds is 50. The van der Waals surface area contributed by atoms with E-state index in [2.05, 4.69) is 81.5 Å². The van der Waals surface area contributed by atoms with Crippen molar-refractivity contribution in [3.63, 3.8) is 0 Å². The zero-order valence-electron chi connectivity index (χ0n) is 43.0. The second kappa shape index (κ2) is 53.7. The topological polar surface area (TPSA) is 78.9 Å². The fourth-order valence-electron chi connectivity index (χ4n) is 7.77. The fraction of sp³-hybridized carbons (Fsp3) is 0.780. The molecule has 0 aliphatic heterocycles. The van der Waals surface area contributed by atoms with Crippen molar-refractivity contribution in [2.24, 2.45) is 0 Å². The van der Waals surface area contributed by atoms with E-state index >= 15 is 0 Å². The van der Waals surface area contributed by atoms with Crippen LogP contribution in [0.15, 0.2) is 60.8 Å². The maximum absolute atomic E-state index is 12.8. The molecule has 0 saturated heterocycles. The van der Waals surface area contributed by atoms with Crippen LogP contribution >= 0.6 is 0 Å². The highest BCUT2D eigenvalue weighted by Gasteiger charge is 2.19. The third kappa shape index (κ3) is 51.9. The Kier molecular flexibility index (Phi) is 51.3. The van der Waals surface area contributed by atoms with E-state index in [1.54, 1.807) is 0 Å². The Morgan fingerprint density at radius 2 is 0.554 bits per heavy atom. The molecule has 6 heteroatoms. The first kappa shape index (κ1) is 62.1. The molecule has 0 aromatic rings. The zero-order valence-corrected chi connectivity index (χ0v) is 43.0. The van der Waals surface area contributed by atoms with Crippen molar-refractivity contribution in [1.82, 2.24) is 0 Å². The second-order valence-electron chi connectivity index (χ2n) is 18.5. The van der Waals surface area contributed by atoms with Gasteiger partial charge in [-0.05, 0) is 89.9 Å². The molecule has 0 spiro atoms. The standard InChI is InChI=1S/C59H104O6/c1-4-7-10-13-16-19-22-24-26-28-29-31-32-34-37-40-43-46-49-52-58(61)64-55-56(54-63-57(60)51-48-45-42-39-36-21-18-15-12-9-6-3)65-59(62)53-50-47-44-41-38-35-33-30-27-25-23-20-17-14-11-8-5-2/h16-17,19-20,24-27,29,31,56H,4-15,18,21-23,28,30,32-55H2,1-3H3/b19-16-,20-17-,26-24-,27-25-,31-29-. The molecule has 0 aliphatic carbocycles. The summed E-state index contributed by atoms with van der Waals surface area (Å²) < 4.78 is 16.8. The van der Waals surface area contributed by atoms with Gasteiger partial charge in [0.2, 0.25) is 0 Å². The number of hydrogen-bond acceptors (Lipinski definition) is 6. The molecule has 0 heterocycles. The minimum atomic E-state index is -0.782. The molecule has 0 aliphatic rings. The third-order valence-corrected chi connectivity index (χ3v) is 12.0. The van der Waals surface area contributed by atoms with Gasteiger partial charge in [0.05, 0.1) is 0 Å². The van der Waals surface area contributed by atoms with Crippen molar-refractivity contribution in [2.45, 2.75) is 284 Å². The molecule has 0 fully saturated rings. The number of allylic oxidation sites excluding steroid dienone is 10. The molecular weight excluding hydrogens is 805 g/mol. The first-order chi connectivity index (χ1) is 32.0. The van der Waals surface area contributed by atoms with Crippen LogP contribution in [0.25, 0.3) is 0 Å². The number of ether oxygens (including phenoxy) is 3. The van der Waals surface area contributed by atoms with Crippen LogP contribution in [0.5, 0.6) is 0 Å². The van der Waals surface area contributed by atoms with Crippen LogP contribution in [0.2, 0.25) is 0 Å². The molecule has 376 valence electrons. The van der Waals surface area contributed by atoms with Gasteiger partial charge >= 0.3 is 17.9 Å². The summed E-state index contributed by atoms with van der Waals surface area (Å²) in [6, 6.07) is 0. The lowest BCUT2D eigenvalue weighted by atomic mass is 10.1. The highest BCUT2D eigenvalue weighted by molar-refractivity contribution is 5.71. The molecule has 0 radical (unpaired) electrons. The second-order valence-corrected chi connectivity index (χ2v) is 18.5. The van der Waals surface area contributed by atoms with Crippen LogP contribution in [0.4, 0.5) is 0 Å². The van der Waals surface area contributed by atoms with Crippen molar-refractivity contribution < 1.29 is 28.6 Å². The van der Waals surface area contributed by atoms with Gasteiger partial charge in [-0.25, -0.2) is 0 Å².